The molecule has 162 valence electrons. The average molecular weight is 511 g/mol. The van der Waals surface area contributed by atoms with Crippen LogP contribution in [0.2, 0.25) is 20.1 Å². The Morgan fingerprint density at radius 1 is 1.03 bits per heavy atom. The van der Waals surface area contributed by atoms with Gasteiger partial charge in [-0.25, -0.2) is 9.13 Å². The van der Waals surface area contributed by atoms with Crippen molar-refractivity contribution >= 4 is 46.4 Å². The third kappa shape index (κ3) is 7.17. The standard InChI is InChI=1S/C21H19Cl4N2O.ClH.H2O/c1-2-9-28-21(18-6-5-17(23)11-20(18)25)13-27-8-7-26(14-27)12-15-3-4-16(22)10-19(15)24;;/h2-8,10-11,14,21H,1,9,12-13H2;1H;1H2/q+1;;/p-1. The molecule has 1 heterocycles. The summed E-state index contributed by atoms with van der Waals surface area (Å²) >= 11 is 24.6. The molecule has 0 aliphatic heterocycles. The second kappa shape index (κ2) is 12.6. The Morgan fingerprint density at radius 3 is 2.33 bits per heavy atom. The largest absolute Gasteiger partial charge is 1.00 e. The Balaban J connectivity index is 0.00000225. The monoisotopic (exact) mass is 508 g/mol. The summed E-state index contributed by atoms with van der Waals surface area (Å²) in [7, 11) is 0. The summed E-state index contributed by atoms with van der Waals surface area (Å²) < 4.78 is 10.0. The molecule has 2 N–H and O–H groups in total. The lowest BCUT2D eigenvalue weighted by Crippen LogP contribution is -3.00. The number of rotatable bonds is 8. The van der Waals surface area contributed by atoms with E-state index in [2.05, 4.69) is 6.58 Å². The van der Waals surface area contributed by atoms with E-state index in [1.54, 1.807) is 18.2 Å². The molecule has 3 aromatic rings. The van der Waals surface area contributed by atoms with Crippen molar-refractivity contribution < 1.29 is 27.2 Å². The van der Waals surface area contributed by atoms with E-state index in [0.29, 0.717) is 39.8 Å². The summed E-state index contributed by atoms with van der Waals surface area (Å²) in [6.07, 6.45) is 7.45. The van der Waals surface area contributed by atoms with Crippen LogP contribution < -0.4 is 17.0 Å². The summed E-state index contributed by atoms with van der Waals surface area (Å²) in [6.45, 7) is 5.38. The maximum atomic E-state index is 6.38. The highest BCUT2D eigenvalue weighted by Gasteiger charge is 2.19. The third-order valence-electron chi connectivity index (χ3n) is 4.22. The predicted octanol–water partition coefficient (Wildman–Crippen LogP) is 2.56. The minimum absolute atomic E-state index is 0. The van der Waals surface area contributed by atoms with Crippen LogP contribution in [0.25, 0.3) is 0 Å². The zero-order valence-corrected chi connectivity index (χ0v) is 19.7. The normalized spacial score (nSPS) is 11.3. The van der Waals surface area contributed by atoms with Gasteiger partial charge in [-0.2, -0.15) is 0 Å². The van der Waals surface area contributed by atoms with Crippen LogP contribution in [-0.2, 0) is 17.8 Å². The minimum atomic E-state index is -0.234. The quantitative estimate of drug-likeness (QED) is 0.340. The fraction of sp³-hybridized carbons (Fsp3) is 0.190. The zero-order chi connectivity index (χ0) is 20.1. The zero-order valence-electron chi connectivity index (χ0n) is 15.9. The molecular formula is C21H21Cl5N2O2. The van der Waals surface area contributed by atoms with E-state index in [-0.39, 0.29) is 24.0 Å². The highest BCUT2D eigenvalue weighted by molar-refractivity contribution is 6.35. The first-order valence-electron chi connectivity index (χ1n) is 8.62. The lowest BCUT2D eigenvalue weighted by Gasteiger charge is -2.17. The van der Waals surface area contributed by atoms with Crippen LogP contribution >= 0.6 is 46.4 Å². The Hall–Kier alpha value is -1.24. The van der Waals surface area contributed by atoms with Crippen molar-refractivity contribution in [1.29, 1.82) is 0 Å². The molecule has 30 heavy (non-hydrogen) atoms. The van der Waals surface area contributed by atoms with Crippen LogP contribution in [0.1, 0.15) is 17.2 Å². The van der Waals surface area contributed by atoms with Crippen LogP contribution in [0, 0.1) is 0 Å². The lowest BCUT2D eigenvalue weighted by molar-refractivity contribution is -0.704. The van der Waals surface area contributed by atoms with Crippen molar-refractivity contribution in [3.8, 4) is 0 Å². The fourth-order valence-corrected chi connectivity index (χ4v) is 3.86. The van der Waals surface area contributed by atoms with Crippen LogP contribution in [0.4, 0.5) is 0 Å². The fourth-order valence-electron chi connectivity index (χ4n) is 2.87. The highest BCUT2D eigenvalue weighted by atomic mass is 35.5. The van der Waals surface area contributed by atoms with E-state index in [1.807, 2.05) is 52.1 Å². The van der Waals surface area contributed by atoms with Crippen molar-refractivity contribution in [2.24, 2.45) is 0 Å². The van der Waals surface area contributed by atoms with Gasteiger partial charge in [0.2, 0.25) is 6.33 Å². The predicted molar refractivity (Wildman–Crippen MR) is 119 cm³/mol. The van der Waals surface area contributed by atoms with Gasteiger partial charge in [0.15, 0.2) is 0 Å². The van der Waals surface area contributed by atoms with Gasteiger partial charge in [0.25, 0.3) is 0 Å². The van der Waals surface area contributed by atoms with E-state index in [0.717, 1.165) is 11.1 Å². The number of hydrogen-bond donors (Lipinski definition) is 0. The maximum Gasteiger partial charge on any atom is 0.244 e. The van der Waals surface area contributed by atoms with E-state index in [9.17, 15) is 0 Å². The Bertz CT molecular complexity index is 978. The topological polar surface area (TPSA) is 49.5 Å². The van der Waals surface area contributed by atoms with E-state index < -0.39 is 0 Å². The molecule has 2 aromatic carbocycles. The number of aromatic nitrogens is 2. The number of hydrogen-bond acceptors (Lipinski definition) is 1. The van der Waals surface area contributed by atoms with Gasteiger partial charge in [0.05, 0.1) is 6.61 Å². The first-order valence-corrected chi connectivity index (χ1v) is 10.1. The molecule has 0 fully saturated rings. The molecule has 0 radical (unpaired) electrons. The second-order valence-electron chi connectivity index (χ2n) is 6.29. The van der Waals surface area contributed by atoms with Gasteiger partial charge < -0.3 is 22.6 Å². The highest BCUT2D eigenvalue weighted by Crippen LogP contribution is 2.29. The smallest absolute Gasteiger partial charge is 0.244 e. The summed E-state index contributed by atoms with van der Waals surface area (Å²) in [6, 6.07) is 10.9. The van der Waals surface area contributed by atoms with Crippen molar-refractivity contribution in [2.45, 2.75) is 19.2 Å². The molecule has 0 bridgehead atoms. The SMILES string of the molecule is C=CCOC(C[n+]1ccn(Cc2ccc(Cl)cc2Cl)c1)c1ccc(Cl)cc1Cl.O.[Cl-]. The van der Waals surface area contributed by atoms with Crippen LogP contribution in [0.3, 0.4) is 0 Å². The van der Waals surface area contributed by atoms with Gasteiger partial charge in [0.1, 0.15) is 31.6 Å². The van der Waals surface area contributed by atoms with Gasteiger partial charge in [-0.15, -0.1) is 6.58 Å². The molecule has 4 nitrogen and oxygen atoms in total. The molecule has 9 heteroatoms. The van der Waals surface area contributed by atoms with Crippen LogP contribution in [0.15, 0.2) is 67.8 Å². The Kier molecular flexibility index (Phi) is 11.2. The Labute approximate surface area is 202 Å². The number of nitrogens with zero attached hydrogens (tertiary/aromatic N) is 2. The summed E-state index contributed by atoms with van der Waals surface area (Å²) in [5.41, 5.74) is 1.88. The molecule has 0 amide bonds. The molecular weight excluding hydrogens is 490 g/mol. The van der Waals surface area contributed by atoms with Gasteiger partial charge >= 0.3 is 0 Å². The maximum absolute atomic E-state index is 6.38. The minimum Gasteiger partial charge on any atom is -1.00 e. The average Bonchev–Trinajstić information content (AvgIpc) is 3.08. The Morgan fingerprint density at radius 2 is 1.70 bits per heavy atom. The number of imidazole rings is 1. The second-order valence-corrected chi connectivity index (χ2v) is 7.98. The van der Waals surface area contributed by atoms with Crippen molar-refractivity contribution in [1.82, 2.24) is 4.57 Å². The lowest BCUT2D eigenvalue weighted by atomic mass is 10.1. The number of halogens is 5. The third-order valence-corrected chi connectivity index (χ3v) is 5.36. The van der Waals surface area contributed by atoms with E-state index in [4.69, 9.17) is 51.1 Å². The number of ether oxygens (including phenoxy) is 1. The molecule has 0 spiro atoms. The van der Waals surface area contributed by atoms with Gasteiger partial charge in [-0.3, -0.25) is 0 Å². The van der Waals surface area contributed by atoms with Crippen molar-refractivity contribution in [2.75, 3.05) is 6.61 Å². The van der Waals surface area contributed by atoms with Gasteiger partial charge in [-0.1, -0.05) is 64.6 Å². The molecule has 0 aliphatic carbocycles. The molecule has 1 unspecified atom stereocenters. The van der Waals surface area contributed by atoms with Gasteiger partial charge in [0, 0.05) is 31.2 Å². The van der Waals surface area contributed by atoms with Crippen molar-refractivity contribution in [3.63, 3.8) is 0 Å². The summed E-state index contributed by atoms with van der Waals surface area (Å²) in [4.78, 5) is 0. The first-order chi connectivity index (χ1) is 13.5. The molecule has 0 aliphatic rings. The molecule has 1 aromatic heterocycles. The molecule has 0 saturated heterocycles. The summed E-state index contributed by atoms with van der Waals surface area (Å²) in [5, 5.41) is 2.44. The van der Waals surface area contributed by atoms with Crippen LogP contribution in [-0.4, -0.2) is 16.7 Å². The van der Waals surface area contributed by atoms with Gasteiger partial charge in [-0.05, 0) is 24.3 Å². The van der Waals surface area contributed by atoms with Crippen LogP contribution in [0.5, 0.6) is 0 Å². The molecule has 1 atom stereocenters. The van der Waals surface area contributed by atoms with E-state index >= 15 is 0 Å². The molecule has 3 rings (SSSR count). The molecule has 0 saturated carbocycles. The van der Waals surface area contributed by atoms with Crippen molar-refractivity contribution in [3.05, 3.63) is 99.0 Å². The van der Waals surface area contributed by atoms with E-state index in [1.165, 1.54) is 0 Å². The first kappa shape index (κ1) is 26.8. The number of benzene rings is 2. The summed E-state index contributed by atoms with van der Waals surface area (Å²) in [5.74, 6) is 0.